The van der Waals surface area contributed by atoms with Crippen molar-refractivity contribution in [3.8, 4) is 0 Å². The summed E-state index contributed by atoms with van der Waals surface area (Å²) < 4.78 is 4.19. The summed E-state index contributed by atoms with van der Waals surface area (Å²) in [4.78, 5) is 0. The molecule has 3 rings (SSSR count). The fraction of sp³-hybridized carbons (Fsp3) is 0.667. The average Bonchev–Trinajstić information content (AvgIpc) is 2.51. The molecule has 1 aromatic carbocycles. The van der Waals surface area contributed by atoms with Crippen LogP contribution in [0.2, 0.25) is 7.25 Å². The molecule has 0 saturated heterocycles. The second-order valence-corrected chi connectivity index (χ2v) is 17.2. The minimum absolute atomic E-state index is 0. The van der Waals surface area contributed by atoms with E-state index in [1.165, 1.54) is 45.8 Å². The van der Waals surface area contributed by atoms with Gasteiger partial charge in [-0.25, -0.2) is 0 Å². The predicted octanol–water partition coefficient (Wildman–Crippen LogP) is 5.17. The molecule has 0 heterocycles. The zero-order chi connectivity index (χ0) is 12.9. The molecule has 2 fully saturated rings. The molecule has 2 saturated carbocycles. The minimum atomic E-state index is -1.51. The molecule has 0 spiro atoms. The van der Waals surface area contributed by atoms with Crippen LogP contribution in [0.15, 0.2) is 30.3 Å². The second kappa shape index (κ2) is 8.79. The topological polar surface area (TPSA) is 0 Å². The van der Waals surface area contributed by atoms with Crippen LogP contribution in [0, 0.1) is 0 Å². The Labute approximate surface area is 139 Å². The molecule has 1 aromatic rings. The first-order chi connectivity index (χ1) is 9.45. The van der Waals surface area contributed by atoms with Gasteiger partial charge in [0.1, 0.15) is 0 Å². The Balaban J connectivity index is 0.00000147. The third kappa shape index (κ3) is 4.23. The fourth-order valence-electron chi connectivity index (χ4n) is 4.04. The van der Waals surface area contributed by atoms with Crippen LogP contribution >= 0.6 is 13.5 Å². The molecule has 0 nitrogen and oxygen atoms in total. The Morgan fingerprint density at radius 3 is 1.55 bits per heavy atom. The molecule has 0 atom stereocenters. The summed E-state index contributed by atoms with van der Waals surface area (Å²) in [6.07, 6.45) is 15.4. The van der Waals surface area contributed by atoms with E-state index in [4.69, 9.17) is 0 Å². The molecular formula is C18H29BiS. The van der Waals surface area contributed by atoms with Crippen molar-refractivity contribution >= 4 is 38.5 Å². The maximum atomic E-state index is 2.49. The Kier molecular flexibility index (Phi) is 7.39. The molecule has 0 aliphatic heterocycles. The zero-order valence-corrected chi connectivity index (χ0v) is 17.0. The van der Waals surface area contributed by atoms with Crippen molar-refractivity contribution in [3.63, 3.8) is 0 Å². The number of benzene rings is 1. The second-order valence-electron chi connectivity index (χ2n) is 6.33. The van der Waals surface area contributed by atoms with Crippen LogP contribution in [0.1, 0.15) is 64.2 Å². The van der Waals surface area contributed by atoms with Crippen molar-refractivity contribution in [2.24, 2.45) is 0 Å². The van der Waals surface area contributed by atoms with Crippen molar-refractivity contribution in [1.82, 2.24) is 0 Å². The van der Waals surface area contributed by atoms with Gasteiger partial charge in [0, 0.05) is 0 Å². The summed E-state index contributed by atoms with van der Waals surface area (Å²) in [5.74, 6) is 0. The van der Waals surface area contributed by atoms with Gasteiger partial charge in [-0.2, -0.15) is 13.5 Å². The monoisotopic (exact) mass is 486 g/mol. The van der Waals surface area contributed by atoms with Crippen molar-refractivity contribution in [2.45, 2.75) is 71.5 Å². The van der Waals surface area contributed by atoms with E-state index >= 15 is 0 Å². The molecule has 0 aromatic heterocycles. The Morgan fingerprint density at radius 2 is 1.10 bits per heavy atom. The van der Waals surface area contributed by atoms with E-state index in [2.05, 4.69) is 30.3 Å². The van der Waals surface area contributed by atoms with Gasteiger partial charge < -0.3 is 0 Å². The zero-order valence-electron chi connectivity index (χ0n) is 12.6. The van der Waals surface area contributed by atoms with Crippen LogP contribution in [0.4, 0.5) is 0 Å². The molecule has 2 aliphatic carbocycles. The van der Waals surface area contributed by atoms with E-state index in [1.54, 1.807) is 25.7 Å². The summed E-state index contributed by atoms with van der Waals surface area (Å²) in [6.45, 7) is 0. The first kappa shape index (κ1) is 16.8. The first-order valence-electron chi connectivity index (χ1n) is 8.28. The van der Waals surface area contributed by atoms with Crippen molar-refractivity contribution in [1.29, 1.82) is 0 Å². The molecular weight excluding hydrogens is 457 g/mol. The first-order valence-corrected chi connectivity index (χ1v) is 14.0. The molecule has 2 heteroatoms. The molecule has 112 valence electrons. The quantitative estimate of drug-likeness (QED) is 0.518. The summed E-state index contributed by atoms with van der Waals surface area (Å²) in [5.41, 5.74) is 0. The molecule has 0 radical (unpaired) electrons. The molecule has 0 N–H and O–H groups in total. The van der Waals surface area contributed by atoms with E-state index in [1.807, 2.05) is 3.27 Å². The fourth-order valence-corrected chi connectivity index (χ4v) is 18.8. The maximum absolute atomic E-state index is 2.49. The van der Waals surface area contributed by atoms with E-state index in [9.17, 15) is 0 Å². The van der Waals surface area contributed by atoms with Crippen LogP contribution < -0.4 is 3.27 Å². The predicted molar refractivity (Wildman–Crippen MR) is 95.9 cm³/mol. The summed E-state index contributed by atoms with van der Waals surface area (Å²) in [7, 11) is 0. The molecule has 2 aliphatic rings. The van der Waals surface area contributed by atoms with Gasteiger partial charge in [-0.3, -0.25) is 0 Å². The summed E-state index contributed by atoms with van der Waals surface area (Å²) in [6, 6.07) is 11.8. The van der Waals surface area contributed by atoms with E-state index in [0.717, 1.165) is 0 Å². The summed E-state index contributed by atoms with van der Waals surface area (Å²) >= 11 is -1.51. The van der Waals surface area contributed by atoms with E-state index < -0.39 is 21.8 Å². The van der Waals surface area contributed by atoms with Crippen LogP contribution in [0.5, 0.6) is 0 Å². The van der Waals surface area contributed by atoms with Gasteiger partial charge in [0.05, 0.1) is 0 Å². The Bertz CT molecular complexity index is 348. The number of rotatable bonds is 3. The van der Waals surface area contributed by atoms with Gasteiger partial charge >= 0.3 is 127 Å². The van der Waals surface area contributed by atoms with Crippen molar-refractivity contribution in [3.05, 3.63) is 30.3 Å². The number of hydrogen-bond acceptors (Lipinski definition) is 0. The van der Waals surface area contributed by atoms with Crippen molar-refractivity contribution in [2.75, 3.05) is 0 Å². The van der Waals surface area contributed by atoms with Gasteiger partial charge in [-0.05, 0) is 0 Å². The van der Waals surface area contributed by atoms with Gasteiger partial charge in [0.15, 0.2) is 0 Å². The Morgan fingerprint density at radius 1 is 0.650 bits per heavy atom. The normalized spacial score (nSPS) is 21.6. The summed E-state index contributed by atoms with van der Waals surface area (Å²) in [5, 5.41) is 0. The van der Waals surface area contributed by atoms with Crippen LogP contribution in [0.25, 0.3) is 0 Å². The van der Waals surface area contributed by atoms with E-state index in [0.29, 0.717) is 0 Å². The van der Waals surface area contributed by atoms with Crippen LogP contribution in [0.3, 0.4) is 0 Å². The van der Waals surface area contributed by atoms with Gasteiger partial charge in [-0.1, -0.05) is 0 Å². The Hall–Kier alpha value is 0.453. The molecule has 20 heavy (non-hydrogen) atoms. The SMILES string of the molecule is S.c1cc[c]([Bi]([CH]2CCCCC2)[CH]2CCCCC2)cc1. The van der Waals surface area contributed by atoms with Crippen LogP contribution in [-0.4, -0.2) is 21.8 Å². The third-order valence-corrected chi connectivity index (χ3v) is 18.6. The molecule has 0 bridgehead atoms. The molecule has 0 amide bonds. The van der Waals surface area contributed by atoms with Crippen LogP contribution in [-0.2, 0) is 0 Å². The number of hydrogen-bond donors (Lipinski definition) is 0. The van der Waals surface area contributed by atoms with Gasteiger partial charge in [0.25, 0.3) is 0 Å². The van der Waals surface area contributed by atoms with Crippen molar-refractivity contribution < 1.29 is 0 Å². The van der Waals surface area contributed by atoms with Gasteiger partial charge in [-0.15, -0.1) is 0 Å². The standard InChI is InChI=1S/2C6H11.C6H5.Bi.H2S/c3*1-2-4-6-5-3-1;;/h2*1H,2-6H2;1-5H;;1H2. The average molecular weight is 486 g/mol. The molecule has 0 unspecified atom stereocenters. The van der Waals surface area contributed by atoms with Gasteiger partial charge in [0.2, 0.25) is 0 Å². The third-order valence-electron chi connectivity index (χ3n) is 4.99. The van der Waals surface area contributed by atoms with E-state index in [-0.39, 0.29) is 13.5 Å².